The molecule has 1 saturated heterocycles. The van der Waals surface area contributed by atoms with Gasteiger partial charge in [0.1, 0.15) is 11.5 Å². The SMILES string of the molecule is COc1ccc([C@H](CNC(=O)COc2ccccc2Cl)N2CCCC2)cc1. The molecule has 6 heteroatoms. The molecule has 0 bridgehead atoms. The Labute approximate surface area is 165 Å². The van der Waals surface area contributed by atoms with Gasteiger partial charge in [0, 0.05) is 6.54 Å². The van der Waals surface area contributed by atoms with Crippen molar-refractivity contribution in [1.82, 2.24) is 10.2 Å². The van der Waals surface area contributed by atoms with Crippen LogP contribution in [-0.2, 0) is 4.79 Å². The molecule has 1 aliphatic heterocycles. The lowest BCUT2D eigenvalue weighted by atomic mass is 10.1. The molecule has 5 nitrogen and oxygen atoms in total. The molecular formula is C21H25ClN2O3. The molecule has 1 atom stereocenters. The second-order valence-electron chi connectivity index (χ2n) is 6.56. The van der Waals surface area contributed by atoms with Crippen LogP contribution >= 0.6 is 11.6 Å². The maximum atomic E-state index is 12.3. The lowest BCUT2D eigenvalue weighted by molar-refractivity contribution is -0.123. The average molecular weight is 389 g/mol. The van der Waals surface area contributed by atoms with E-state index in [-0.39, 0.29) is 18.6 Å². The fraction of sp³-hybridized carbons (Fsp3) is 0.381. The number of methoxy groups -OCH3 is 1. The number of amides is 1. The van der Waals surface area contributed by atoms with Gasteiger partial charge < -0.3 is 14.8 Å². The number of para-hydroxylation sites is 1. The van der Waals surface area contributed by atoms with Gasteiger partial charge in [-0.3, -0.25) is 9.69 Å². The Hall–Kier alpha value is -2.24. The van der Waals surface area contributed by atoms with Gasteiger partial charge in [0.2, 0.25) is 0 Å². The number of ether oxygens (including phenoxy) is 2. The van der Waals surface area contributed by atoms with E-state index in [1.165, 1.54) is 18.4 Å². The largest absolute Gasteiger partial charge is 0.497 e. The first-order chi connectivity index (χ1) is 13.2. The zero-order valence-corrected chi connectivity index (χ0v) is 16.2. The minimum Gasteiger partial charge on any atom is -0.497 e. The lowest BCUT2D eigenvalue weighted by Crippen LogP contribution is -2.38. The number of carbonyl (C=O) groups is 1. The number of benzene rings is 2. The van der Waals surface area contributed by atoms with Crippen LogP contribution in [0.4, 0.5) is 0 Å². The Morgan fingerprint density at radius 2 is 1.85 bits per heavy atom. The Bertz CT molecular complexity index is 745. The van der Waals surface area contributed by atoms with Crippen LogP contribution in [0.5, 0.6) is 11.5 Å². The molecule has 1 aliphatic rings. The average Bonchev–Trinajstić information content (AvgIpc) is 3.22. The van der Waals surface area contributed by atoms with E-state index in [9.17, 15) is 4.79 Å². The topological polar surface area (TPSA) is 50.8 Å². The predicted molar refractivity (Wildman–Crippen MR) is 106 cm³/mol. The zero-order chi connectivity index (χ0) is 19.1. The van der Waals surface area contributed by atoms with Crippen LogP contribution < -0.4 is 14.8 Å². The summed E-state index contributed by atoms with van der Waals surface area (Å²) in [5.74, 6) is 1.18. The summed E-state index contributed by atoms with van der Waals surface area (Å²) in [5.41, 5.74) is 1.17. The van der Waals surface area contributed by atoms with E-state index < -0.39 is 0 Å². The summed E-state index contributed by atoms with van der Waals surface area (Å²) in [7, 11) is 1.66. The van der Waals surface area contributed by atoms with Gasteiger partial charge in [-0.05, 0) is 55.8 Å². The van der Waals surface area contributed by atoms with Crippen LogP contribution in [0.1, 0.15) is 24.4 Å². The summed E-state index contributed by atoms with van der Waals surface area (Å²) in [6.07, 6.45) is 2.38. The molecule has 0 unspecified atom stereocenters. The van der Waals surface area contributed by atoms with Crippen LogP contribution in [0.3, 0.4) is 0 Å². The molecule has 1 amide bonds. The lowest BCUT2D eigenvalue weighted by Gasteiger charge is -2.28. The molecule has 1 heterocycles. The normalized spacial score (nSPS) is 15.3. The molecule has 0 radical (unpaired) electrons. The summed E-state index contributed by atoms with van der Waals surface area (Å²) in [4.78, 5) is 14.7. The number of halogens is 1. The van der Waals surface area contributed by atoms with Crippen LogP contribution in [0, 0.1) is 0 Å². The monoisotopic (exact) mass is 388 g/mol. The second kappa shape index (κ2) is 9.62. The molecule has 1 N–H and O–H groups in total. The molecule has 0 aromatic heterocycles. The molecule has 0 spiro atoms. The number of nitrogens with zero attached hydrogens (tertiary/aromatic N) is 1. The van der Waals surface area contributed by atoms with Crippen LogP contribution in [0.25, 0.3) is 0 Å². The smallest absolute Gasteiger partial charge is 0.258 e. The van der Waals surface area contributed by atoms with Gasteiger partial charge in [-0.2, -0.15) is 0 Å². The van der Waals surface area contributed by atoms with Gasteiger partial charge in [-0.15, -0.1) is 0 Å². The van der Waals surface area contributed by atoms with Crippen LogP contribution in [0.2, 0.25) is 5.02 Å². The van der Waals surface area contributed by atoms with Crippen molar-refractivity contribution in [3.8, 4) is 11.5 Å². The third-order valence-corrected chi connectivity index (χ3v) is 5.08. The summed E-state index contributed by atoms with van der Waals surface area (Å²) >= 11 is 6.05. The van der Waals surface area contributed by atoms with Gasteiger partial charge in [0.05, 0.1) is 18.2 Å². The molecule has 2 aromatic carbocycles. The maximum absolute atomic E-state index is 12.3. The summed E-state index contributed by atoms with van der Waals surface area (Å²) in [6, 6.07) is 15.3. The third-order valence-electron chi connectivity index (χ3n) is 4.77. The van der Waals surface area contributed by atoms with Crippen molar-refractivity contribution in [3.05, 3.63) is 59.1 Å². The quantitative estimate of drug-likeness (QED) is 0.749. The summed E-state index contributed by atoms with van der Waals surface area (Å²) in [5, 5.41) is 3.50. The first-order valence-corrected chi connectivity index (χ1v) is 9.57. The van der Waals surface area contributed by atoms with Crippen LogP contribution in [0.15, 0.2) is 48.5 Å². The molecule has 0 aliphatic carbocycles. The number of hydrogen-bond donors (Lipinski definition) is 1. The highest BCUT2D eigenvalue weighted by Gasteiger charge is 2.24. The van der Waals surface area contributed by atoms with E-state index in [1.807, 2.05) is 24.3 Å². The second-order valence-corrected chi connectivity index (χ2v) is 6.96. The van der Waals surface area contributed by atoms with E-state index >= 15 is 0 Å². The van der Waals surface area contributed by atoms with Crippen molar-refractivity contribution in [2.45, 2.75) is 18.9 Å². The van der Waals surface area contributed by atoms with Crippen molar-refractivity contribution < 1.29 is 14.3 Å². The highest BCUT2D eigenvalue weighted by Crippen LogP contribution is 2.26. The Morgan fingerprint density at radius 3 is 2.52 bits per heavy atom. The van der Waals surface area contributed by atoms with Crippen molar-refractivity contribution in [3.63, 3.8) is 0 Å². The highest BCUT2D eigenvalue weighted by molar-refractivity contribution is 6.32. The molecule has 2 aromatic rings. The highest BCUT2D eigenvalue weighted by atomic mass is 35.5. The van der Waals surface area contributed by atoms with E-state index in [0.717, 1.165) is 18.8 Å². The maximum Gasteiger partial charge on any atom is 0.258 e. The van der Waals surface area contributed by atoms with Crippen molar-refractivity contribution in [1.29, 1.82) is 0 Å². The number of nitrogens with one attached hydrogen (secondary N) is 1. The molecule has 144 valence electrons. The standard InChI is InChI=1S/C21H25ClN2O3/c1-26-17-10-8-16(9-11-17)19(24-12-4-5-13-24)14-23-21(25)15-27-20-7-3-2-6-18(20)22/h2-3,6-11,19H,4-5,12-15H2,1H3,(H,23,25)/t19-/m0/s1. The molecular weight excluding hydrogens is 364 g/mol. The first kappa shape index (κ1) is 19.5. The van der Waals surface area contributed by atoms with E-state index in [4.69, 9.17) is 21.1 Å². The fourth-order valence-corrected chi connectivity index (χ4v) is 3.49. The Balaban J connectivity index is 1.58. The summed E-state index contributed by atoms with van der Waals surface area (Å²) in [6.45, 7) is 2.57. The fourth-order valence-electron chi connectivity index (χ4n) is 3.30. The Morgan fingerprint density at radius 1 is 1.15 bits per heavy atom. The minimum atomic E-state index is -0.160. The van der Waals surface area contributed by atoms with Crippen molar-refractivity contribution in [2.24, 2.45) is 0 Å². The van der Waals surface area contributed by atoms with Gasteiger partial charge in [-0.1, -0.05) is 35.9 Å². The van der Waals surface area contributed by atoms with Crippen molar-refractivity contribution >= 4 is 17.5 Å². The van der Waals surface area contributed by atoms with E-state index in [1.54, 1.807) is 19.2 Å². The van der Waals surface area contributed by atoms with Crippen LogP contribution in [-0.4, -0.2) is 44.2 Å². The van der Waals surface area contributed by atoms with Gasteiger partial charge in [-0.25, -0.2) is 0 Å². The number of likely N-dealkylation sites (tertiary alicyclic amines) is 1. The number of rotatable bonds is 8. The Kier molecular flexibility index (Phi) is 6.96. The van der Waals surface area contributed by atoms with Gasteiger partial charge in [0.25, 0.3) is 5.91 Å². The number of hydrogen-bond acceptors (Lipinski definition) is 4. The van der Waals surface area contributed by atoms with Gasteiger partial charge >= 0.3 is 0 Å². The molecule has 27 heavy (non-hydrogen) atoms. The zero-order valence-electron chi connectivity index (χ0n) is 15.5. The van der Waals surface area contributed by atoms with Crippen molar-refractivity contribution in [2.75, 3.05) is 33.4 Å². The molecule has 1 fully saturated rings. The predicted octanol–water partition coefficient (Wildman–Crippen LogP) is 3.68. The molecule has 3 rings (SSSR count). The molecule has 0 saturated carbocycles. The number of carbonyl (C=O) groups excluding carboxylic acids is 1. The van der Waals surface area contributed by atoms with E-state index in [0.29, 0.717) is 17.3 Å². The first-order valence-electron chi connectivity index (χ1n) is 9.19. The third kappa shape index (κ3) is 5.37. The van der Waals surface area contributed by atoms with Gasteiger partial charge in [0.15, 0.2) is 6.61 Å². The summed E-state index contributed by atoms with van der Waals surface area (Å²) < 4.78 is 10.8. The minimum absolute atomic E-state index is 0.0565. The van der Waals surface area contributed by atoms with E-state index in [2.05, 4.69) is 22.3 Å².